The first-order chi connectivity index (χ1) is 9.03. The fourth-order valence-electron chi connectivity index (χ4n) is 1.99. The predicted octanol–water partition coefficient (Wildman–Crippen LogP) is 1.21. The average molecular weight is 350 g/mol. The molecule has 0 bridgehead atoms. The van der Waals surface area contributed by atoms with Crippen LogP contribution in [0, 0.1) is 5.92 Å². The van der Waals surface area contributed by atoms with Gasteiger partial charge in [0.15, 0.2) is 0 Å². The molecule has 0 spiro atoms. The second-order valence-electron chi connectivity index (χ2n) is 4.49. The second-order valence-corrected chi connectivity index (χ2v) is 7.01. The Morgan fingerprint density at radius 1 is 1.47 bits per heavy atom. The summed E-state index contributed by atoms with van der Waals surface area (Å²) in [5, 5.41) is 9.05. The Balaban J connectivity index is 2.05. The molecule has 1 fully saturated rings. The third-order valence-corrected chi connectivity index (χ3v) is 5.34. The van der Waals surface area contributed by atoms with Gasteiger partial charge in [0.2, 0.25) is 0 Å². The van der Waals surface area contributed by atoms with Gasteiger partial charge in [-0.1, -0.05) is 0 Å². The molecule has 106 valence electrons. The van der Waals surface area contributed by atoms with E-state index in [0.717, 1.165) is 0 Å². The van der Waals surface area contributed by atoms with Crippen molar-refractivity contribution in [2.45, 2.75) is 12.8 Å². The van der Waals surface area contributed by atoms with E-state index < -0.39 is 10.2 Å². The van der Waals surface area contributed by atoms with Gasteiger partial charge in [0.1, 0.15) is 0 Å². The van der Waals surface area contributed by atoms with Gasteiger partial charge in [0.05, 0.1) is 10.2 Å². The molecule has 2 N–H and O–H groups in total. The molecule has 8 heteroatoms. The highest BCUT2D eigenvalue weighted by atomic mass is 79.9. The number of rotatable bonds is 4. The minimum absolute atomic E-state index is 0.122. The van der Waals surface area contributed by atoms with Gasteiger partial charge in [0, 0.05) is 32.1 Å². The minimum atomic E-state index is -3.55. The van der Waals surface area contributed by atoms with E-state index >= 15 is 0 Å². The molecule has 1 aromatic rings. The van der Waals surface area contributed by atoms with Crippen LogP contribution in [0.1, 0.15) is 12.8 Å². The third-order valence-electron chi connectivity index (χ3n) is 3.18. The van der Waals surface area contributed by atoms with Crippen LogP contribution in [0.3, 0.4) is 0 Å². The number of aromatic nitrogens is 1. The van der Waals surface area contributed by atoms with Crippen molar-refractivity contribution in [2.24, 2.45) is 5.92 Å². The molecule has 2 rings (SSSR count). The Kier molecular flexibility index (Phi) is 4.77. The highest BCUT2D eigenvalue weighted by molar-refractivity contribution is 9.10. The zero-order valence-corrected chi connectivity index (χ0v) is 12.7. The van der Waals surface area contributed by atoms with Crippen LogP contribution >= 0.6 is 15.9 Å². The van der Waals surface area contributed by atoms with E-state index in [1.165, 1.54) is 16.7 Å². The van der Waals surface area contributed by atoms with Crippen LogP contribution in [0.4, 0.5) is 5.69 Å². The molecule has 0 radical (unpaired) electrons. The van der Waals surface area contributed by atoms with E-state index in [-0.39, 0.29) is 12.5 Å². The fourth-order valence-corrected chi connectivity index (χ4v) is 3.75. The standard InChI is InChI=1S/C11H16BrN3O3S/c12-10-7-13-4-1-11(10)14-19(17,18)15-5-2-9(8-16)3-6-15/h1,4,7,9,16H,2-3,5-6,8H2,(H,13,14). The number of hydrogen-bond donors (Lipinski definition) is 2. The molecule has 0 saturated carbocycles. The lowest BCUT2D eigenvalue weighted by atomic mass is 10.00. The molecule has 0 atom stereocenters. The van der Waals surface area contributed by atoms with E-state index in [0.29, 0.717) is 36.1 Å². The first-order valence-corrected chi connectivity index (χ1v) is 8.24. The highest BCUT2D eigenvalue weighted by Gasteiger charge is 2.27. The zero-order valence-electron chi connectivity index (χ0n) is 10.3. The molecular formula is C11H16BrN3O3S. The largest absolute Gasteiger partial charge is 0.396 e. The van der Waals surface area contributed by atoms with Crippen molar-refractivity contribution in [3.8, 4) is 0 Å². The van der Waals surface area contributed by atoms with E-state index in [9.17, 15) is 8.42 Å². The molecule has 0 amide bonds. The highest BCUT2D eigenvalue weighted by Crippen LogP contribution is 2.24. The molecule has 0 aromatic carbocycles. The quantitative estimate of drug-likeness (QED) is 0.855. The van der Waals surface area contributed by atoms with Gasteiger partial charge < -0.3 is 5.11 Å². The van der Waals surface area contributed by atoms with Gasteiger partial charge in [-0.15, -0.1) is 0 Å². The van der Waals surface area contributed by atoms with Gasteiger partial charge in [0.25, 0.3) is 0 Å². The Labute approximate surface area is 121 Å². The Hall–Kier alpha value is -0.700. The van der Waals surface area contributed by atoms with E-state index in [1.54, 1.807) is 6.07 Å². The molecule has 6 nitrogen and oxygen atoms in total. The van der Waals surface area contributed by atoms with Crippen molar-refractivity contribution in [3.05, 3.63) is 22.9 Å². The SMILES string of the molecule is O=S(=O)(Nc1ccncc1Br)N1CCC(CO)CC1. The number of aliphatic hydroxyl groups excluding tert-OH is 1. The van der Waals surface area contributed by atoms with E-state index in [4.69, 9.17) is 5.11 Å². The number of halogens is 1. The molecule has 0 unspecified atom stereocenters. The molecule has 1 aliphatic heterocycles. The van der Waals surface area contributed by atoms with Gasteiger partial charge in [-0.05, 0) is 40.8 Å². The molecule has 1 saturated heterocycles. The summed E-state index contributed by atoms with van der Waals surface area (Å²) < 4.78 is 29.0. The van der Waals surface area contributed by atoms with Crippen LogP contribution in [-0.4, -0.2) is 42.5 Å². The van der Waals surface area contributed by atoms with Gasteiger partial charge in [-0.25, -0.2) is 0 Å². The first-order valence-electron chi connectivity index (χ1n) is 6.01. The Morgan fingerprint density at radius 2 is 2.16 bits per heavy atom. The third kappa shape index (κ3) is 3.65. The number of aliphatic hydroxyl groups is 1. The number of nitrogens with zero attached hydrogens (tertiary/aromatic N) is 2. The summed E-state index contributed by atoms with van der Waals surface area (Å²) in [6.45, 7) is 0.990. The van der Waals surface area contributed by atoms with Gasteiger partial charge >= 0.3 is 10.2 Å². The number of nitrogens with one attached hydrogen (secondary N) is 1. The predicted molar refractivity (Wildman–Crippen MR) is 75.9 cm³/mol. The summed E-state index contributed by atoms with van der Waals surface area (Å²) in [5.41, 5.74) is 0.472. The summed E-state index contributed by atoms with van der Waals surface area (Å²) >= 11 is 3.25. The van der Waals surface area contributed by atoms with Crippen molar-refractivity contribution in [1.29, 1.82) is 0 Å². The van der Waals surface area contributed by atoms with Crippen LogP contribution in [0.25, 0.3) is 0 Å². The van der Waals surface area contributed by atoms with Crippen molar-refractivity contribution in [3.63, 3.8) is 0 Å². The summed E-state index contributed by atoms with van der Waals surface area (Å²) in [7, 11) is -3.55. The lowest BCUT2D eigenvalue weighted by Gasteiger charge is -2.30. The number of pyridine rings is 1. The maximum absolute atomic E-state index is 12.2. The molecule has 19 heavy (non-hydrogen) atoms. The van der Waals surface area contributed by atoms with Crippen molar-refractivity contribution < 1.29 is 13.5 Å². The Morgan fingerprint density at radius 3 is 2.74 bits per heavy atom. The molecule has 0 aliphatic carbocycles. The smallest absolute Gasteiger partial charge is 0.301 e. The van der Waals surface area contributed by atoms with Crippen molar-refractivity contribution in [1.82, 2.24) is 9.29 Å². The topological polar surface area (TPSA) is 82.5 Å². The van der Waals surface area contributed by atoms with E-state index in [1.807, 2.05) is 0 Å². The number of hydrogen-bond acceptors (Lipinski definition) is 4. The normalized spacial score (nSPS) is 18.4. The van der Waals surface area contributed by atoms with Crippen molar-refractivity contribution in [2.75, 3.05) is 24.4 Å². The lowest BCUT2D eigenvalue weighted by Crippen LogP contribution is -2.42. The van der Waals surface area contributed by atoms with Crippen LogP contribution in [0.15, 0.2) is 22.9 Å². The Bertz CT molecular complexity index is 530. The summed E-state index contributed by atoms with van der Waals surface area (Å²) in [4.78, 5) is 3.89. The zero-order chi connectivity index (χ0) is 13.9. The van der Waals surface area contributed by atoms with Crippen LogP contribution < -0.4 is 4.72 Å². The number of piperidine rings is 1. The van der Waals surface area contributed by atoms with Crippen LogP contribution in [0.2, 0.25) is 0 Å². The lowest BCUT2D eigenvalue weighted by molar-refractivity contribution is 0.170. The number of anilines is 1. The van der Waals surface area contributed by atoms with Gasteiger partial charge in [-0.2, -0.15) is 12.7 Å². The maximum Gasteiger partial charge on any atom is 0.301 e. The van der Waals surface area contributed by atoms with Crippen LogP contribution in [-0.2, 0) is 10.2 Å². The first kappa shape index (κ1) is 14.7. The van der Waals surface area contributed by atoms with Crippen LogP contribution in [0.5, 0.6) is 0 Å². The summed E-state index contributed by atoms with van der Waals surface area (Å²) in [6, 6.07) is 1.60. The van der Waals surface area contributed by atoms with E-state index in [2.05, 4.69) is 25.6 Å². The maximum atomic E-state index is 12.2. The average Bonchev–Trinajstić information content (AvgIpc) is 2.41. The monoisotopic (exact) mass is 349 g/mol. The fraction of sp³-hybridized carbons (Fsp3) is 0.545. The second kappa shape index (κ2) is 6.17. The molecule has 2 heterocycles. The summed E-state index contributed by atoms with van der Waals surface area (Å²) in [6.07, 6.45) is 4.44. The molecule has 1 aliphatic rings. The molecular weight excluding hydrogens is 334 g/mol. The van der Waals surface area contributed by atoms with Crippen molar-refractivity contribution >= 4 is 31.8 Å². The molecule has 1 aromatic heterocycles. The van der Waals surface area contributed by atoms with Gasteiger partial charge in [-0.3, -0.25) is 9.71 Å². The minimum Gasteiger partial charge on any atom is -0.396 e. The summed E-state index contributed by atoms with van der Waals surface area (Å²) in [5.74, 6) is 0.208.